The third kappa shape index (κ3) is 5.72. The van der Waals surface area contributed by atoms with Crippen LogP contribution in [0.5, 0.6) is 17.2 Å². The summed E-state index contributed by atoms with van der Waals surface area (Å²) >= 11 is 0.901. The number of benzene rings is 2. The fourth-order valence-corrected chi connectivity index (χ4v) is 4.02. The van der Waals surface area contributed by atoms with Crippen LogP contribution in [0.3, 0.4) is 0 Å². The number of urea groups is 1. The average Bonchev–Trinajstić information content (AvgIpc) is 2.78. The molecule has 34 heavy (non-hydrogen) atoms. The van der Waals surface area contributed by atoms with Gasteiger partial charge in [-0.3, -0.25) is 0 Å². The molecule has 3 N–H and O–H groups in total. The molecule has 0 spiro atoms. The lowest BCUT2D eigenvalue weighted by Crippen LogP contribution is -2.21. The summed E-state index contributed by atoms with van der Waals surface area (Å²) in [5.74, 6) is 0.810. The summed E-state index contributed by atoms with van der Waals surface area (Å²) in [7, 11) is 4.37. The molecule has 1 aromatic heterocycles. The van der Waals surface area contributed by atoms with Gasteiger partial charge in [-0.2, -0.15) is 13.2 Å². The molecule has 0 bridgehead atoms. The van der Waals surface area contributed by atoms with Gasteiger partial charge in [0.25, 0.3) is 0 Å². The number of hydrogen-bond donors (Lipinski definition) is 2. The Morgan fingerprint density at radius 1 is 1.06 bits per heavy atom. The molecule has 3 aromatic rings. The molecule has 13 heteroatoms. The van der Waals surface area contributed by atoms with E-state index in [1.807, 2.05) is 0 Å². The highest BCUT2D eigenvalue weighted by atomic mass is 32.2. The van der Waals surface area contributed by atoms with Gasteiger partial charge in [0.1, 0.15) is 18.0 Å². The minimum Gasteiger partial charge on any atom is -0.493 e. The van der Waals surface area contributed by atoms with E-state index in [1.165, 1.54) is 27.7 Å². The van der Waals surface area contributed by atoms with Crippen LogP contribution in [0.4, 0.5) is 23.7 Å². The number of alkyl halides is 3. The first-order valence-electron chi connectivity index (χ1n) is 9.66. The van der Waals surface area contributed by atoms with E-state index in [0.717, 1.165) is 23.9 Å². The summed E-state index contributed by atoms with van der Waals surface area (Å²) in [5.41, 5.74) is 4.42. The number of halogens is 3. The van der Waals surface area contributed by atoms with Gasteiger partial charge in [-0.05, 0) is 18.2 Å². The Kier molecular flexibility index (Phi) is 7.89. The maximum Gasteiger partial charge on any atom is 0.416 e. The van der Waals surface area contributed by atoms with Crippen molar-refractivity contribution in [1.82, 2.24) is 9.97 Å². The van der Waals surface area contributed by atoms with E-state index in [1.54, 1.807) is 12.1 Å². The fourth-order valence-electron chi connectivity index (χ4n) is 2.99. The molecule has 0 unspecified atom stereocenters. The predicted octanol–water partition coefficient (Wildman–Crippen LogP) is 4.33. The summed E-state index contributed by atoms with van der Waals surface area (Å²) in [5, 5.41) is 3.03. The molecule has 2 amide bonds. The number of nitrogens with zero attached hydrogens (tertiary/aromatic N) is 2. The summed E-state index contributed by atoms with van der Waals surface area (Å²) in [6.07, 6.45) is -3.42. The zero-order valence-corrected chi connectivity index (χ0v) is 19.2. The van der Waals surface area contributed by atoms with E-state index >= 15 is 0 Å². The van der Waals surface area contributed by atoms with Crippen LogP contribution in [0, 0.1) is 0 Å². The van der Waals surface area contributed by atoms with Crippen molar-refractivity contribution in [2.75, 3.05) is 39.9 Å². The predicted molar refractivity (Wildman–Crippen MR) is 119 cm³/mol. The smallest absolute Gasteiger partial charge is 0.416 e. The van der Waals surface area contributed by atoms with E-state index in [0.29, 0.717) is 27.4 Å². The quantitative estimate of drug-likeness (QED) is 0.331. The van der Waals surface area contributed by atoms with Gasteiger partial charge in [0.15, 0.2) is 17.2 Å². The first-order chi connectivity index (χ1) is 16.2. The lowest BCUT2D eigenvalue weighted by atomic mass is 10.1. The minimum atomic E-state index is -4.70. The zero-order chi connectivity index (χ0) is 24.9. The van der Waals surface area contributed by atoms with Crippen LogP contribution in [-0.4, -0.2) is 50.5 Å². The Morgan fingerprint density at radius 3 is 2.38 bits per heavy atom. The van der Waals surface area contributed by atoms with Gasteiger partial charge in [0.05, 0.1) is 42.5 Å². The van der Waals surface area contributed by atoms with Crippen molar-refractivity contribution in [3.8, 4) is 17.2 Å². The molecule has 182 valence electrons. The number of fused-ring (bicyclic) bond motifs is 1. The second-order valence-electron chi connectivity index (χ2n) is 6.68. The molecule has 3 rings (SSSR count). The van der Waals surface area contributed by atoms with Crippen LogP contribution >= 0.6 is 11.8 Å². The van der Waals surface area contributed by atoms with Crippen LogP contribution in [0.2, 0.25) is 0 Å². The number of methoxy groups -OCH3 is 3. The number of amides is 2. The highest BCUT2D eigenvalue weighted by molar-refractivity contribution is 7.99. The van der Waals surface area contributed by atoms with Crippen molar-refractivity contribution in [2.45, 2.75) is 16.1 Å². The lowest BCUT2D eigenvalue weighted by Gasteiger charge is -2.19. The van der Waals surface area contributed by atoms with E-state index in [9.17, 15) is 18.0 Å². The first-order valence-corrected chi connectivity index (χ1v) is 10.5. The van der Waals surface area contributed by atoms with Crippen molar-refractivity contribution >= 4 is 34.4 Å². The summed E-state index contributed by atoms with van der Waals surface area (Å²) in [6, 6.07) is 3.87. The zero-order valence-electron chi connectivity index (χ0n) is 18.4. The van der Waals surface area contributed by atoms with Crippen LogP contribution in [0.1, 0.15) is 5.56 Å². The summed E-state index contributed by atoms with van der Waals surface area (Å²) in [4.78, 5) is 20.0. The van der Waals surface area contributed by atoms with Gasteiger partial charge in [0.2, 0.25) is 0 Å². The van der Waals surface area contributed by atoms with Crippen molar-refractivity contribution in [2.24, 2.45) is 5.73 Å². The monoisotopic (exact) mass is 498 g/mol. The molecule has 0 radical (unpaired) electrons. The molecule has 0 aliphatic carbocycles. The van der Waals surface area contributed by atoms with Crippen molar-refractivity contribution in [1.29, 1.82) is 0 Å². The highest BCUT2D eigenvalue weighted by Crippen LogP contribution is 2.46. The molecule has 2 aromatic carbocycles. The molecule has 0 aliphatic rings. The third-order valence-electron chi connectivity index (χ3n) is 4.48. The van der Waals surface area contributed by atoms with E-state index in [-0.39, 0.29) is 29.5 Å². The third-order valence-corrected chi connectivity index (χ3v) is 5.53. The number of anilines is 1. The molecule has 0 fully saturated rings. The number of nitrogens with one attached hydrogen (secondary N) is 1. The minimum absolute atomic E-state index is 0.0123. The number of ether oxygens (including phenoxy) is 4. The molecule has 0 aliphatic heterocycles. The number of carbonyl (C=O) groups is 1. The molecule has 0 atom stereocenters. The molecule has 1 heterocycles. The Hall–Kier alpha value is -3.45. The van der Waals surface area contributed by atoms with Crippen molar-refractivity contribution in [3.63, 3.8) is 0 Å². The Bertz CT molecular complexity index is 1190. The number of hydrogen-bond acceptors (Lipinski definition) is 8. The van der Waals surface area contributed by atoms with Gasteiger partial charge in [-0.1, -0.05) is 11.8 Å². The van der Waals surface area contributed by atoms with Crippen LogP contribution in [-0.2, 0) is 10.9 Å². The number of carbonyl (C=O) groups excluding carboxylic acids is 1. The summed E-state index contributed by atoms with van der Waals surface area (Å²) < 4.78 is 62.1. The largest absolute Gasteiger partial charge is 0.493 e. The van der Waals surface area contributed by atoms with Crippen molar-refractivity contribution in [3.05, 3.63) is 36.2 Å². The molecule has 9 nitrogen and oxygen atoms in total. The Labute approximate surface area is 196 Å². The molecule has 0 saturated carbocycles. The van der Waals surface area contributed by atoms with Crippen molar-refractivity contribution < 1.29 is 36.9 Å². The standard InChI is InChI=1S/C21H21F3N4O5S/c1-30-4-5-33-18-14(28-20(25)29)6-11(21(22,23)24)7-17(18)34-19-12-8-15(31-2)16(32-3)9-13(12)26-10-27-19/h6-10H,4-5H2,1-3H3,(H3,25,28,29). The topological polar surface area (TPSA) is 118 Å². The number of nitrogens with two attached hydrogens (primary N) is 1. The number of primary amides is 1. The van der Waals surface area contributed by atoms with Crippen LogP contribution < -0.4 is 25.3 Å². The van der Waals surface area contributed by atoms with Gasteiger partial charge >= 0.3 is 12.2 Å². The first kappa shape index (κ1) is 25.2. The number of rotatable bonds is 9. The average molecular weight is 498 g/mol. The van der Waals surface area contributed by atoms with Gasteiger partial charge in [-0.25, -0.2) is 14.8 Å². The fraction of sp³-hybridized carbons (Fsp3) is 0.286. The maximum absolute atomic E-state index is 13.6. The normalized spacial score (nSPS) is 11.4. The van der Waals surface area contributed by atoms with E-state index in [2.05, 4.69) is 15.3 Å². The van der Waals surface area contributed by atoms with Crippen LogP contribution in [0.15, 0.2) is 40.5 Å². The second-order valence-corrected chi connectivity index (χ2v) is 7.72. The maximum atomic E-state index is 13.6. The number of aromatic nitrogens is 2. The Morgan fingerprint density at radius 2 is 1.76 bits per heavy atom. The van der Waals surface area contributed by atoms with Gasteiger partial charge in [-0.15, -0.1) is 0 Å². The molecular formula is C21H21F3N4O5S. The van der Waals surface area contributed by atoms with Gasteiger partial charge in [0, 0.05) is 18.6 Å². The van der Waals surface area contributed by atoms with Gasteiger partial charge < -0.3 is 30.0 Å². The van der Waals surface area contributed by atoms with Crippen LogP contribution in [0.25, 0.3) is 10.9 Å². The Balaban J connectivity index is 2.19. The molecular weight excluding hydrogens is 477 g/mol. The van der Waals surface area contributed by atoms with E-state index in [4.69, 9.17) is 24.7 Å². The van der Waals surface area contributed by atoms with E-state index < -0.39 is 17.8 Å². The SMILES string of the molecule is COCCOc1c(NC(N)=O)cc(C(F)(F)F)cc1Sc1ncnc2cc(OC)c(OC)cc12. The lowest BCUT2D eigenvalue weighted by molar-refractivity contribution is -0.137. The summed E-state index contributed by atoms with van der Waals surface area (Å²) in [6.45, 7) is 0.174. The second kappa shape index (κ2) is 10.7. The molecule has 0 saturated heterocycles. The highest BCUT2D eigenvalue weighted by Gasteiger charge is 2.33.